The van der Waals surface area contributed by atoms with Gasteiger partial charge in [0.2, 0.25) is 5.44 Å². The van der Waals surface area contributed by atoms with Crippen molar-refractivity contribution in [2.75, 3.05) is 32.1 Å². The monoisotopic (exact) mass is 333 g/mol. The van der Waals surface area contributed by atoms with Crippen LogP contribution in [0.1, 0.15) is 0 Å². The second-order valence-corrected chi connectivity index (χ2v) is 6.44. The molecule has 0 bridgehead atoms. The number of hydrogen-bond acceptors (Lipinski definition) is 8. The van der Waals surface area contributed by atoms with Gasteiger partial charge in [-0.25, -0.2) is 9.90 Å². The van der Waals surface area contributed by atoms with Gasteiger partial charge in [-0.3, -0.25) is 4.79 Å². The Kier molecular flexibility index (Phi) is 7.54. The van der Waals surface area contributed by atoms with Crippen molar-refractivity contribution in [3.8, 4) is 0 Å². The summed E-state index contributed by atoms with van der Waals surface area (Å²) in [7, 11) is 5.49. The summed E-state index contributed by atoms with van der Waals surface area (Å²) in [5, 5.41) is 19.0. The van der Waals surface area contributed by atoms with Crippen molar-refractivity contribution >= 4 is 35.5 Å². The minimum atomic E-state index is -1.41. The van der Waals surface area contributed by atoms with Crippen molar-refractivity contribution in [3.05, 3.63) is 6.33 Å². The third kappa shape index (κ3) is 6.82. The Balaban J connectivity index is 2.38. The van der Waals surface area contributed by atoms with Crippen LogP contribution in [0.15, 0.2) is 11.5 Å². The predicted molar refractivity (Wildman–Crippen MR) is 78.3 cm³/mol. The van der Waals surface area contributed by atoms with Crippen molar-refractivity contribution in [1.29, 1.82) is 0 Å². The van der Waals surface area contributed by atoms with Gasteiger partial charge in [0.25, 0.3) is 0 Å². The van der Waals surface area contributed by atoms with Crippen LogP contribution in [-0.2, 0) is 26.5 Å². The topological polar surface area (TPSA) is 97.2 Å². The lowest BCUT2D eigenvalue weighted by Crippen LogP contribution is -2.26. The molecule has 0 aromatic carbocycles. The first-order valence-corrected chi connectivity index (χ1v) is 8.07. The fourth-order valence-electron chi connectivity index (χ4n) is 1.17. The standard InChI is InChI=1S/C11H17N4O4S2/c1-14(2)4-5-20-10(9(17)18)19-8(16)6-21-11-13-12-7-15(11)3/h7,10H,4-6H2,1-3H3. The van der Waals surface area contributed by atoms with E-state index >= 15 is 0 Å². The van der Waals surface area contributed by atoms with Crippen LogP contribution in [0.5, 0.6) is 0 Å². The number of carbonyl (C=O) groups excluding carboxylic acids is 2. The van der Waals surface area contributed by atoms with Crippen molar-refractivity contribution < 1.29 is 19.4 Å². The lowest BCUT2D eigenvalue weighted by atomic mass is 10.7. The molecule has 0 aliphatic heterocycles. The van der Waals surface area contributed by atoms with E-state index in [2.05, 4.69) is 10.2 Å². The van der Waals surface area contributed by atoms with E-state index in [0.717, 1.165) is 23.5 Å². The molecule has 0 aliphatic carbocycles. The minimum absolute atomic E-state index is 0.0371. The van der Waals surface area contributed by atoms with Crippen molar-refractivity contribution in [2.24, 2.45) is 7.05 Å². The van der Waals surface area contributed by atoms with E-state index in [4.69, 9.17) is 4.74 Å². The fraction of sp³-hybridized carbons (Fsp3) is 0.636. The molecule has 10 heteroatoms. The molecule has 1 radical (unpaired) electrons. The molecular formula is C11H17N4O4S2. The Morgan fingerprint density at radius 2 is 2.19 bits per heavy atom. The number of aromatic nitrogens is 3. The maximum absolute atomic E-state index is 11.6. The van der Waals surface area contributed by atoms with Crippen molar-refractivity contribution in [1.82, 2.24) is 19.7 Å². The number of nitrogens with zero attached hydrogens (tertiary/aromatic N) is 4. The lowest BCUT2D eigenvalue weighted by molar-refractivity contribution is -0.159. The van der Waals surface area contributed by atoms with Gasteiger partial charge in [-0.15, -0.1) is 22.0 Å². The highest BCUT2D eigenvalue weighted by molar-refractivity contribution is 8.00. The first-order chi connectivity index (χ1) is 9.90. The van der Waals surface area contributed by atoms with Crippen LogP contribution in [0.2, 0.25) is 0 Å². The molecule has 0 fully saturated rings. The number of rotatable bonds is 9. The van der Waals surface area contributed by atoms with Gasteiger partial charge in [-0.05, 0) is 14.1 Å². The number of aryl methyl sites for hydroxylation is 1. The first-order valence-electron chi connectivity index (χ1n) is 6.03. The zero-order valence-corrected chi connectivity index (χ0v) is 13.6. The highest BCUT2D eigenvalue weighted by Crippen LogP contribution is 2.17. The molecule has 8 nitrogen and oxygen atoms in total. The fourth-order valence-corrected chi connectivity index (χ4v) is 2.84. The van der Waals surface area contributed by atoms with Gasteiger partial charge < -0.3 is 14.2 Å². The number of ether oxygens (including phenoxy) is 1. The quantitative estimate of drug-likeness (QED) is 0.355. The van der Waals surface area contributed by atoms with Gasteiger partial charge in [0, 0.05) is 19.3 Å². The zero-order chi connectivity index (χ0) is 15.8. The van der Waals surface area contributed by atoms with E-state index in [9.17, 15) is 14.7 Å². The number of esters is 1. The van der Waals surface area contributed by atoms with Gasteiger partial charge in [0.1, 0.15) is 6.33 Å². The summed E-state index contributed by atoms with van der Waals surface area (Å²) in [5.74, 6) is -1.55. The van der Waals surface area contributed by atoms with Crippen LogP contribution in [0.3, 0.4) is 0 Å². The molecule has 0 aliphatic rings. The van der Waals surface area contributed by atoms with Crippen LogP contribution in [0.25, 0.3) is 0 Å². The molecule has 1 aromatic rings. The first kappa shape index (κ1) is 17.8. The molecule has 1 rings (SSSR count). The molecule has 0 amide bonds. The average Bonchev–Trinajstić information content (AvgIpc) is 2.80. The largest absolute Gasteiger partial charge is 0.438 e. The van der Waals surface area contributed by atoms with Crippen LogP contribution in [-0.4, -0.2) is 69.2 Å². The summed E-state index contributed by atoms with van der Waals surface area (Å²) in [6, 6.07) is 0. The van der Waals surface area contributed by atoms with Crippen LogP contribution in [0, 0.1) is 0 Å². The lowest BCUT2D eigenvalue weighted by Gasteiger charge is -2.14. The van der Waals surface area contributed by atoms with Gasteiger partial charge in [-0.2, -0.15) is 0 Å². The third-order valence-electron chi connectivity index (χ3n) is 2.23. The second kappa shape index (κ2) is 8.90. The average molecular weight is 333 g/mol. The van der Waals surface area contributed by atoms with Crippen LogP contribution >= 0.6 is 23.5 Å². The highest BCUT2D eigenvalue weighted by atomic mass is 32.2. The van der Waals surface area contributed by atoms with Crippen molar-refractivity contribution in [2.45, 2.75) is 10.6 Å². The van der Waals surface area contributed by atoms with E-state index in [1.54, 1.807) is 11.6 Å². The smallest absolute Gasteiger partial charge is 0.406 e. The second-order valence-electron chi connectivity index (χ2n) is 4.33. The van der Waals surface area contributed by atoms with Gasteiger partial charge in [0.15, 0.2) is 5.16 Å². The van der Waals surface area contributed by atoms with E-state index in [0.29, 0.717) is 17.5 Å². The van der Waals surface area contributed by atoms with Gasteiger partial charge in [0.05, 0.1) is 5.75 Å². The molecule has 21 heavy (non-hydrogen) atoms. The molecule has 1 unspecified atom stereocenters. The molecule has 117 valence electrons. The summed E-state index contributed by atoms with van der Waals surface area (Å²) in [4.78, 5) is 24.5. The Hall–Kier alpha value is -1.26. The number of carbonyl (C=O) groups is 2. The predicted octanol–water partition coefficient (Wildman–Crippen LogP) is 0.0284. The Morgan fingerprint density at radius 3 is 2.71 bits per heavy atom. The van der Waals surface area contributed by atoms with Crippen LogP contribution < -0.4 is 0 Å². The summed E-state index contributed by atoms with van der Waals surface area (Å²) in [6.07, 6.45) is 1.51. The molecule has 1 aromatic heterocycles. The Labute approximate surface area is 131 Å². The molecular weight excluding hydrogens is 316 g/mol. The maximum atomic E-state index is 11.6. The van der Waals surface area contributed by atoms with Gasteiger partial charge in [-0.1, -0.05) is 11.8 Å². The molecule has 0 spiro atoms. The molecule has 0 N–H and O–H groups in total. The summed E-state index contributed by atoms with van der Waals surface area (Å²) in [5.41, 5.74) is -1.29. The zero-order valence-electron chi connectivity index (χ0n) is 12.0. The van der Waals surface area contributed by atoms with Crippen molar-refractivity contribution in [3.63, 3.8) is 0 Å². The summed E-state index contributed by atoms with van der Waals surface area (Å²) in [6.45, 7) is 0.680. The van der Waals surface area contributed by atoms with Gasteiger partial charge >= 0.3 is 11.9 Å². The van der Waals surface area contributed by atoms with E-state index < -0.39 is 17.4 Å². The number of hydrogen-bond donors (Lipinski definition) is 0. The minimum Gasteiger partial charge on any atom is -0.438 e. The van der Waals surface area contributed by atoms with E-state index in [1.165, 1.54) is 6.33 Å². The highest BCUT2D eigenvalue weighted by Gasteiger charge is 2.24. The molecule has 0 saturated heterocycles. The van der Waals surface area contributed by atoms with Crippen LogP contribution in [0.4, 0.5) is 0 Å². The van der Waals surface area contributed by atoms with E-state index in [-0.39, 0.29) is 5.75 Å². The molecule has 1 heterocycles. The normalized spacial score (nSPS) is 12.4. The Bertz CT molecular complexity index is 481. The summed E-state index contributed by atoms with van der Waals surface area (Å²) < 4.78 is 6.55. The third-order valence-corrected chi connectivity index (χ3v) is 4.25. The molecule has 0 saturated carbocycles. The van der Waals surface area contributed by atoms with E-state index in [1.807, 2.05) is 19.0 Å². The number of thioether (sulfide) groups is 2. The Morgan fingerprint density at radius 1 is 1.48 bits per heavy atom. The SMILES string of the molecule is CN(C)CCSC(OC(=O)CSc1nncn1C)C([O])=O. The molecule has 1 atom stereocenters. The summed E-state index contributed by atoms with van der Waals surface area (Å²) >= 11 is 2.15. The maximum Gasteiger partial charge on any atom is 0.406 e.